The molecule has 0 spiro atoms. The quantitative estimate of drug-likeness (QED) is 0.595. The summed E-state index contributed by atoms with van der Waals surface area (Å²) in [5.74, 6) is 0.159. The Morgan fingerprint density at radius 3 is 1.90 bits per heavy atom. The number of nitrogens with one attached hydrogen (secondary N) is 1. The Labute approximate surface area is 128 Å². The van der Waals surface area contributed by atoms with Crippen molar-refractivity contribution in [2.45, 2.75) is 54.4 Å². The first-order valence-corrected chi connectivity index (χ1v) is 7.24. The van der Waals surface area contributed by atoms with E-state index in [1.807, 2.05) is 27.7 Å². The van der Waals surface area contributed by atoms with Crippen LogP contribution in [0.5, 0.6) is 0 Å². The van der Waals surface area contributed by atoms with E-state index in [-0.39, 0.29) is 49.6 Å². The number of carbonyl (C=O) groups excluding carboxylic acids is 3. The lowest BCUT2D eigenvalue weighted by molar-refractivity contribution is -0.127. The first-order valence-electron chi connectivity index (χ1n) is 7.24. The highest BCUT2D eigenvalue weighted by Crippen LogP contribution is 2.01. The van der Waals surface area contributed by atoms with Crippen molar-refractivity contribution in [2.24, 2.45) is 11.8 Å². The summed E-state index contributed by atoms with van der Waals surface area (Å²) in [6.07, 6.45) is 0.921. The Kier molecular flexibility index (Phi) is 13.1. The first kappa shape index (κ1) is 22.1. The van der Waals surface area contributed by atoms with Gasteiger partial charge in [0.1, 0.15) is 11.6 Å². The van der Waals surface area contributed by atoms with Crippen LogP contribution in [-0.2, 0) is 19.1 Å². The second-order valence-corrected chi connectivity index (χ2v) is 5.45. The van der Waals surface area contributed by atoms with Gasteiger partial charge < -0.3 is 10.1 Å². The number of ether oxygens (including phenoxy) is 1. The summed E-state index contributed by atoms with van der Waals surface area (Å²) in [5.41, 5.74) is 0. The third kappa shape index (κ3) is 12.2. The van der Waals surface area contributed by atoms with Crippen LogP contribution >= 0.6 is 0 Å². The minimum Gasteiger partial charge on any atom is -0.379 e. The summed E-state index contributed by atoms with van der Waals surface area (Å²) < 4.78 is 5.27. The number of amides is 1. The van der Waals surface area contributed by atoms with Crippen molar-refractivity contribution >= 4 is 17.5 Å². The Morgan fingerprint density at radius 1 is 0.857 bits per heavy atom. The van der Waals surface area contributed by atoms with E-state index in [4.69, 9.17) is 4.74 Å². The average Bonchev–Trinajstić information content (AvgIpc) is 2.39. The van der Waals surface area contributed by atoms with Gasteiger partial charge in [-0.2, -0.15) is 0 Å². The van der Waals surface area contributed by atoms with Gasteiger partial charge in [0.15, 0.2) is 0 Å². The summed E-state index contributed by atoms with van der Waals surface area (Å²) in [6, 6.07) is 0. The van der Waals surface area contributed by atoms with Crippen LogP contribution in [0, 0.1) is 11.8 Å². The summed E-state index contributed by atoms with van der Waals surface area (Å²) >= 11 is 0. The van der Waals surface area contributed by atoms with E-state index in [2.05, 4.69) is 5.32 Å². The molecule has 0 aromatic carbocycles. The molecular weight excluding hydrogens is 270 g/mol. The second kappa shape index (κ2) is 12.5. The second-order valence-electron chi connectivity index (χ2n) is 5.45. The number of hydrogen-bond acceptors (Lipinski definition) is 4. The van der Waals surface area contributed by atoms with Gasteiger partial charge in [0.2, 0.25) is 5.91 Å². The minimum atomic E-state index is -0.138. The molecule has 0 heterocycles. The van der Waals surface area contributed by atoms with Crippen LogP contribution in [0.2, 0.25) is 0 Å². The molecule has 1 amide bonds. The molecule has 0 bridgehead atoms. The lowest BCUT2D eigenvalue weighted by Gasteiger charge is -2.07. The molecule has 124 valence electrons. The normalized spacial score (nSPS) is 10.4. The van der Waals surface area contributed by atoms with Crippen LogP contribution in [0.3, 0.4) is 0 Å². The molecule has 0 saturated carbocycles. The van der Waals surface area contributed by atoms with Gasteiger partial charge in [0.05, 0.1) is 13.2 Å². The maximum absolute atomic E-state index is 11.4. The van der Waals surface area contributed by atoms with E-state index in [9.17, 15) is 14.4 Å². The summed E-state index contributed by atoms with van der Waals surface area (Å²) in [6.45, 7) is 8.56. The SMILES string of the molecule is C.CC(C)C(=O)CCOCCNC(=O)CCC(=O)C(C)C. The maximum Gasteiger partial charge on any atom is 0.220 e. The highest BCUT2D eigenvalue weighted by atomic mass is 16.5. The van der Waals surface area contributed by atoms with Gasteiger partial charge in [-0.05, 0) is 0 Å². The molecule has 0 atom stereocenters. The topological polar surface area (TPSA) is 72.5 Å². The minimum absolute atomic E-state index is 0. The molecule has 1 N–H and O–H groups in total. The number of carbonyl (C=O) groups is 3. The maximum atomic E-state index is 11.4. The molecule has 0 aromatic heterocycles. The summed E-state index contributed by atoms with van der Waals surface area (Å²) in [4.78, 5) is 34.1. The Morgan fingerprint density at radius 2 is 1.38 bits per heavy atom. The van der Waals surface area contributed by atoms with Crippen molar-refractivity contribution in [3.63, 3.8) is 0 Å². The summed E-state index contributed by atoms with van der Waals surface area (Å²) in [5, 5.41) is 2.69. The van der Waals surface area contributed by atoms with Gasteiger partial charge in [-0.15, -0.1) is 0 Å². The molecule has 0 radical (unpaired) electrons. The third-order valence-electron chi connectivity index (χ3n) is 2.95. The fourth-order valence-electron chi connectivity index (χ4n) is 1.44. The zero-order valence-electron chi connectivity index (χ0n) is 13.0. The van der Waals surface area contributed by atoms with E-state index in [1.165, 1.54) is 0 Å². The number of hydrogen-bond donors (Lipinski definition) is 1. The van der Waals surface area contributed by atoms with Crippen molar-refractivity contribution in [1.82, 2.24) is 5.32 Å². The summed E-state index contributed by atoms with van der Waals surface area (Å²) in [7, 11) is 0. The van der Waals surface area contributed by atoms with Gasteiger partial charge in [-0.3, -0.25) is 14.4 Å². The number of ketones is 2. The molecule has 0 aliphatic heterocycles. The molecule has 0 saturated heterocycles. The number of Topliss-reactive ketones (excluding diaryl/α,β-unsaturated/α-hetero) is 2. The van der Waals surface area contributed by atoms with Gasteiger partial charge in [-0.1, -0.05) is 35.1 Å². The molecule has 21 heavy (non-hydrogen) atoms. The highest BCUT2D eigenvalue weighted by Gasteiger charge is 2.10. The number of rotatable bonds is 11. The lowest BCUT2D eigenvalue weighted by atomic mass is 10.0. The molecule has 0 unspecified atom stereocenters. The van der Waals surface area contributed by atoms with E-state index < -0.39 is 0 Å². The smallest absolute Gasteiger partial charge is 0.220 e. The highest BCUT2D eigenvalue weighted by molar-refractivity contribution is 5.85. The van der Waals surface area contributed by atoms with E-state index in [1.54, 1.807) is 0 Å². The standard InChI is InChI=1S/C15H27NO4.CH4/c1-11(2)13(17)5-6-15(19)16-8-10-20-9-7-14(18)12(3)4;/h11-12H,5-10H2,1-4H3,(H,16,19);1H4. The molecule has 0 aromatic rings. The van der Waals surface area contributed by atoms with Crippen molar-refractivity contribution in [3.8, 4) is 0 Å². The molecule has 0 rings (SSSR count). The largest absolute Gasteiger partial charge is 0.379 e. The van der Waals surface area contributed by atoms with Crippen molar-refractivity contribution in [3.05, 3.63) is 0 Å². The van der Waals surface area contributed by atoms with E-state index in [0.717, 1.165) is 0 Å². The van der Waals surface area contributed by atoms with Gasteiger partial charge >= 0.3 is 0 Å². The molecule has 0 aliphatic rings. The van der Waals surface area contributed by atoms with Crippen LogP contribution in [0.15, 0.2) is 0 Å². The lowest BCUT2D eigenvalue weighted by Crippen LogP contribution is -2.28. The average molecular weight is 301 g/mol. The molecular formula is C16H31NO4. The van der Waals surface area contributed by atoms with Crippen molar-refractivity contribution in [2.75, 3.05) is 19.8 Å². The molecule has 5 nitrogen and oxygen atoms in total. The zero-order valence-corrected chi connectivity index (χ0v) is 13.0. The van der Waals surface area contributed by atoms with E-state index >= 15 is 0 Å². The third-order valence-corrected chi connectivity index (χ3v) is 2.95. The van der Waals surface area contributed by atoms with Crippen LogP contribution in [-0.4, -0.2) is 37.2 Å². The van der Waals surface area contributed by atoms with Gasteiger partial charge in [0.25, 0.3) is 0 Å². The fourth-order valence-corrected chi connectivity index (χ4v) is 1.44. The van der Waals surface area contributed by atoms with Crippen molar-refractivity contribution in [1.29, 1.82) is 0 Å². The Balaban J connectivity index is 0. The van der Waals surface area contributed by atoms with Crippen LogP contribution < -0.4 is 5.32 Å². The molecule has 5 heteroatoms. The zero-order chi connectivity index (χ0) is 15.5. The van der Waals surface area contributed by atoms with Crippen molar-refractivity contribution < 1.29 is 19.1 Å². The molecule has 0 aliphatic carbocycles. The predicted molar refractivity (Wildman–Crippen MR) is 84.1 cm³/mol. The Hall–Kier alpha value is -1.23. The predicted octanol–water partition coefficient (Wildman–Crippen LogP) is 2.38. The fraction of sp³-hybridized carbons (Fsp3) is 0.812. The van der Waals surface area contributed by atoms with Crippen LogP contribution in [0.25, 0.3) is 0 Å². The van der Waals surface area contributed by atoms with Crippen LogP contribution in [0.1, 0.15) is 54.4 Å². The molecule has 0 fully saturated rings. The van der Waals surface area contributed by atoms with Gasteiger partial charge in [-0.25, -0.2) is 0 Å². The van der Waals surface area contributed by atoms with Crippen LogP contribution in [0.4, 0.5) is 0 Å². The Bertz CT molecular complexity index is 324. The van der Waals surface area contributed by atoms with E-state index in [0.29, 0.717) is 26.2 Å². The first-order chi connectivity index (χ1) is 9.34. The van der Waals surface area contributed by atoms with Gasteiger partial charge in [0, 0.05) is 37.6 Å². The monoisotopic (exact) mass is 301 g/mol.